The van der Waals surface area contributed by atoms with Crippen LogP contribution in [-0.2, 0) is 47.4 Å². The molecule has 10 fully saturated rings. The highest BCUT2D eigenvalue weighted by atomic mass is 16.6. The number of epoxide rings is 4. The van der Waals surface area contributed by atoms with Gasteiger partial charge in [0.2, 0.25) is 0 Å². The van der Waals surface area contributed by atoms with Crippen LogP contribution >= 0.6 is 0 Å². The topological polar surface area (TPSA) is 126 Å². The minimum Gasteiger partial charge on any atom is -0.388 e. The second-order valence-electron chi connectivity index (χ2n) is 26.8. The van der Waals surface area contributed by atoms with Gasteiger partial charge >= 0.3 is 0 Å². The fraction of sp³-hybridized carbons (Fsp3) is 1.00. The molecule has 0 aromatic heterocycles. The van der Waals surface area contributed by atoms with E-state index in [-0.39, 0.29) is 12.2 Å². The molecule has 6 saturated carbocycles. The summed E-state index contributed by atoms with van der Waals surface area (Å²) in [7, 11) is 0. The smallest absolute Gasteiger partial charge is 0.104 e. The van der Waals surface area contributed by atoms with Crippen molar-refractivity contribution in [3.8, 4) is 0 Å². The molecule has 71 heavy (non-hydrogen) atoms. The molecule has 4 saturated heterocycles. The molecule has 4 atom stereocenters. The Kier molecular flexibility index (Phi) is 20.1. The second kappa shape index (κ2) is 25.8. The zero-order valence-corrected chi connectivity index (χ0v) is 45.9. The summed E-state index contributed by atoms with van der Waals surface area (Å²) >= 11 is 0. The fourth-order valence-corrected chi connectivity index (χ4v) is 15.0. The van der Waals surface area contributed by atoms with Gasteiger partial charge in [-0.1, -0.05) is 41.5 Å². The first-order chi connectivity index (χ1) is 34.3. The fourth-order valence-electron chi connectivity index (χ4n) is 15.0. The third-order valence-electron chi connectivity index (χ3n) is 21.1. The van der Waals surface area contributed by atoms with Gasteiger partial charge in [-0.2, -0.15) is 0 Å². The van der Waals surface area contributed by atoms with Gasteiger partial charge in [0.25, 0.3) is 0 Å². The molecular weight excluding hydrogens is 897 g/mol. The van der Waals surface area contributed by atoms with Crippen LogP contribution < -0.4 is 0 Å². The zero-order valence-electron chi connectivity index (χ0n) is 45.9. The van der Waals surface area contributed by atoms with E-state index in [2.05, 4.69) is 41.5 Å². The van der Waals surface area contributed by atoms with Gasteiger partial charge in [-0.05, 0) is 206 Å². The summed E-state index contributed by atoms with van der Waals surface area (Å²) in [6, 6.07) is 0. The second-order valence-corrected chi connectivity index (χ2v) is 26.8. The van der Waals surface area contributed by atoms with Crippen molar-refractivity contribution < 1.29 is 52.5 Å². The van der Waals surface area contributed by atoms with E-state index in [0.717, 1.165) is 114 Å². The number of ether oxygens (including phenoxy) is 10. The summed E-state index contributed by atoms with van der Waals surface area (Å²) in [4.78, 5) is 0. The number of aliphatic hydroxyl groups excluding tert-OH is 1. The van der Waals surface area contributed by atoms with Crippen molar-refractivity contribution in [1.82, 2.24) is 0 Å². The number of rotatable bonds is 24. The highest BCUT2D eigenvalue weighted by molar-refractivity contribution is 4.94. The van der Waals surface area contributed by atoms with Crippen LogP contribution in [0.5, 0.6) is 0 Å². The maximum atomic E-state index is 10.7. The van der Waals surface area contributed by atoms with Gasteiger partial charge in [0.05, 0.1) is 103 Å². The Labute approximate surface area is 431 Å². The summed E-state index contributed by atoms with van der Waals surface area (Å²) in [5.74, 6) is 4.82. The summed E-state index contributed by atoms with van der Waals surface area (Å²) in [6.45, 7) is 22.7. The Morgan fingerprint density at radius 3 is 0.648 bits per heavy atom. The van der Waals surface area contributed by atoms with E-state index in [9.17, 15) is 5.11 Å². The summed E-state index contributed by atoms with van der Waals surface area (Å²) in [6.07, 6.45) is 33.1. The molecule has 4 unspecified atom stereocenters. The molecule has 410 valence electrons. The molecule has 4 aliphatic heterocycles. The van der Waals surface area contributed by atoms with E-state index in [1.807, 2.05) is 0 Å². The molecule has 0 aromatic rings. The van der Waals surface area contributed by atoms with Crippen molar-refractivity contribution in [2.75, 3.05) is 66.1 Å². The van der Waals surface area contributed by atoms with Gasteiger partial charge in [0.15, 0.2) is 0 Å². The molecular formula is C60H104O11. The molecule has 11 heteroatoms. The Balaban J connectivity index is 0.000000209. The standard InChI is InChI=1S/C39H68O7.C21H36O4/c1-38(2,29-9-17-34(18-10-29)43-23-36-25-45-36)27-5-13-32(14-6-27)41-21-31(40)22-42-33-15-7-28(8-16-33)39(3,4)30-11-19-35(20-12-30)44-24-37-26-46-37;1-21(2,15-3-7-17(8-4-15)22-11-19-13-24-19)16-5-9-18(10-6-16)23-12-20-14-25-20/h27-37,40H,5-26H2,1-4H3;15-20H,3-14H2,1-2H3. The average molecular weight is 1000 g/mol. The van der Waals surface area contributed by atoms with Crippen molar-refractivity contribution >= 4 is 0 Å². The average Bonchev–Trinajstić information content (AvgIpc) is 4.17. The Bertz CT molecular complexity index is 1400. The monoisotopic (exact) mass is 1000 g/mol. The first-order valence-corrected chi connectivity index (χ1v) is 30.1. The summed E-state index contributed by atoms with van der Waals surface area (Å²) < 4.78 is 57.9. The molecule has 0 radical (unpaired) electrons. The summed E-state index contributed by atoms with van der Waals surface area (Å²) in [5, 5.41) is 10.7. The Morgan fingerprint density at radius 1 is 0.310 bits per heavy atom. The third kappa shape index (κ3) is 16.8. The Morgan fingerprint density at radius 2 is 0.479 bits per heavy atom. The lowest BCUT2D eigenvalue weighted by atomic mass is 9.60. The van der Waals surface area contributed by atoms with Gasteiger partial charge in [0, 0.05) is 0 Å². The minimum absolute atomic E-state index is 0.280. The number of aliphatic hydroxyl groups is 1. The zero-order chi connectivity index (χ0) is 49.4. The molecule has 10 rings (SSSR count). The van der Waals surface area contributed by atoms with Gasteiger partial charge < -0.3 is 52.5 Å². The summed E-state index contributed by atoms with van der Waals surface area (Å²) in [5.41, 5.74) is 1.20. The lowest BCUT2D eigenvalue weighted by Crippen LogP contribution is -2.40. The van der Waals surface area contributed by atoms with Crippen LogP contribution in [0.1, 0.15) is 196 Å². The van der Waals surface area contributed by atoms with Crippen LogP contribution in [0.15, 0.2) is 0 Å². The van der Waals surface area contributed by atoms with Crippen LogP contribution in [0.25, 0.3) is 0 Å². The van der Waals surface area contributed by atoms with E-state index in [0.29, 0.717) is 78.3 Å². The number of hydrogen-bond donors (Lipinski definition) is 1. The van der Waals surface area contributed by atoms with Crippen molar-refractivity contribution in [1.29, 1.82) is 0 Å². The lowest BCUT2D eigenvalue weighted by Gasteiger charge is -2.46. The first kappa shape index (κ1) is 55.3. The minimum atomic E-state index is -0.531. The third-order valence-corrected chi connectivity index (χ3v) is 21.1. The van der Waals surface area contributed by atoms with Gasteiger partial charge in [-0.25, -0.2) is 0 Å². The normalized spacial score (nSPS) is 40.3. The van der Waals surface area contributed by atoms with Crippen LogP contribution in [-0.4, -0.2) is 138 Å². The van der Waals surface area contributed by atoms with Crippen molar-refractivity contribution in [2.24, 2.45) is 51.8 Å². The van der Waals surface area contributed by atoms with E-state index >= 15 is 0 Å². The van der Waals surface area contributed by atoms with Gasteiger partial charge in [-0.3, -0.25) is 0 Å². The molecule has 6 aliphatic carbocycles. The van der Waals surface area contributed by atoms with Crippen molar-refractivity contribution in [3.63, 3.8) is 0 Å². The van der Waals surface area contributed by atoms with Crippen LogP contribution in [0.2, 0.25) is 0 Å². The van der Waals surface area contributed by atoms with Gasteiger partial charge in [0.1, 0.15) is 30.5 Å². The number of hydrogen-bond acceptors (Lipinski definition) is 11. The molecule has 4 heterocycles. The van der Waals surface area contributed by atoms with E-state index in [1.54, 1.807) is 0 Å². The highest BCUT2D eigenvalue weighted by Crippen LogP contribution is 2.52. The molecule has 11 nitrogen and oxygen atoms in total. The lowest BCUT2D eigenvalue weighted by molar-refractivity contribution is -0.0879. The van der Waals surface area contributed by atoms with E-state index in [1.165, 1.54) is 128 Å². The largest absolute Gasteiger partial charge is 0.388 e. The first-order valence-electron chi connectivity index (χ1n) is 30.1. The van der Waals surface area contributed by atoms with Crippen molar-refractivity contribution in [3.05, 3.63) is 0 Å². The van der Waals surface area contributed by atoms with Crippen LogP contribution in [0, 0.1) is 51.8 Å². The quantitative estimate of drug-likeness (QED) is 0.0929. The Hall–Kier alpha value is -0.440. The maximum Gasteiger partial charge on any atom is 0.104 e. The predicted molar refractivity (Wildman–Crippen MR) is 276 cm³/mol. The molecule has 10 aliphatic rings. The molecule has 0 amide bonds. The molecule has 1 N–H and O–H groups in total. The van der Waals surface area contributed by atoms with E-state index in [4.69, 9.17) is 47.4 Å². The van der Waals surface area contributed by atoms with E-state index < -0.39 is 6.10 Å². The van der Waals surface area contributed by atoms with Crippen molar-refractivity contribution in [2.45, 2.75) is 263 Å². The molecule has 0 bridgehead atoms. The SMILES string of the molecule is CC(C)(C1CCC(OCC(O)COC2CCC(C(C)(C)C3CCC(OCC4CO4)CC3)CC2)CC1)C1CCC(OCC2CO2)CC1.CC(C)(C1CCC(OCC2CO2)CC1)C1CCC(OCC2CO2)CC1. The molecule has 0 spiro atoms. The van der Waals surface area contributed by atoms with Crippen LogP contribution in [0.3, 0.4) is 0 Å². The van der Waals surface area contributed by atoms with Crippen LogP contribution in [0.4, 0.5) is 0 Å². The predicted octanol–water partition coefficient (Wildman–Crippen LogP) is 11.5. The maximum absolute atomic E-state index is 10.7. The molecule has 0 aromatic carbocycles. The van der Waals surface area contributed by atoms with Gasteiger partial charge in [-0.15, -0.1) is 0 Å². The highest BCUT2D eigenvalue weighted by Gasteiger charge is 2.44.